The zero-order valence-corrected chi connectivity index (χ0v) is 13.2. The van der Waals surface area contributed by atoms with Gasteiger partial charge in [0.1, 0.15) is 0 Å². The summed E-state index contributed by atoms with van der Waals surface area (Å²) in [7, 11) is 0. The fourth-order valence-electron chi connectivity index (χ4n) is 1.01. The first-order chi connectivity index (χ1) is 6.45. The molecule has 0 saturated heterocycles. The van der Waals surface area contributed by atoms with Gasteiger partial charge in [0.2, 0.25) is 0 Å². The van der Waals surface area contributed by atoms with Crippen LogP contribution in [0.25, 0.3) is 0 Å². The first kappa shape index (κ1) is 16.1. The lowest BCUT2D eigenvalue weighted by molar-refractivity contribution is 0.636. The first-order valence-electron chi connectivity index (χ1n) is 4.53. The highest BCUT2D eigenvalue weighted by Crippen LogP contribution is 2.22. The van der Waals surface area contributed by atoms with Crippen LogP contribution in [-0.4, -0.2) is 19.7 Å². The van der Waals surface area contributed by atoms with Crippen LogP contribution in [0.3, 0.4) is 0 Å². The summed E-state index contributed by atoms with van der Waals surface area (Å²) in [4.78, 5) is 0. The minimum atomic E-state index is 0.0626. The lowest BCUT2D eigenvalue weighted by atomic mass is 10.1. The third-order valence-corrected chi connectivity index (χ3v) is 5.43. The Morgan fingerprint density at radius 2 is 0.857 bits per heavy atom. The molecule has 2 unspecified atom stereocenters. The highest BCUT2D eigenvalue weighted by atomic mass is 32.2. The smallest absolute Gasteiger partial charge is 0.0558 e. The standard InChI is InChI=1S/C8H18S6/c9-5(7(11)12)3-1-2-4-6(10)8(13)14/h5-14H,1-4H2. The van der Waals surface area contributed by atoms with E-state index in [1.165, 1.54) is 0 Å². The zero-order chi connectivity index (χ0) is 11.1. The Labute approximate surface area is 120 Å². The summed E-state index contributed by atoms with van der Waals surface area (Å²) in [5, 5.41) is 0.533. The van der Waals surface area contributed by atoms with E-state index in [4.69, 9.17) is 0 Å². The van der Waals surface area contributed by atoms with E-state index in [1.807, 2.05) is 0 Å². The van der Waals surface area contributed by atoms with Gasteiger partial charge >= 0.3 is 0 Å². The number of unbranched alkanes of at least 4 members (excludes halogenated alkanes) is 1. The molecule has 86 valence electrons. The van der Waals surface area contributed by atoms with Crippen LogP contribution in [0.15, 0.2) is 0 Å². The number of hydrogen-bond acceptors (Lipinski definition) is 6. The van der Waals surface area contributed by atoms with Gasteiger partial charge in [-0.25, -0.2) is 0 Å². The van der Waals surface area contributed by atoms with Gasteiger partial charge < -0.3 is 0 Å². The van der Waals surface area contributed by atoms with E-state index in [9.17, 15) is 0 Å². The zero-order valence-electron chi connectivity index (χ0n) is 7.82. The van der Waals surface area contributed by atoms with Crippen molar-refractivity contribution >= 4 is 75.8 Å². The maximum atomic E-state index is 4.39. The molecular formula is C8H18S6. The Morgan fingerprint density at radius 3 is 1.07 bits per heavy atom. The minimum absolute atomic E-state index is 0.0626. The van der Waals surface area contributed by atoms with E-state index in [2.05, 4.69) is 75.8 Å². The second-order valence-electron chi connectivity index (χ2n) is 3.25. The van der Waals surface area contributed by atoms with Gasteiger partial charge in [0, 0.05) is 10.5 Å². The van der Waals surface area contributed by atoms with Crippen molar-refractivity contribution in [2.75, 3.05) is 0 Å². The van der Waals surface area contributed by atoms with Crippen molar-refractivity contribution in [1.82, 2.24) is 0 Å². The summed E-state index contributed by atoms with van der Waals surface area (Å²) < 4.78 is 0.125. The Morgan fingerprint density at radius 1 is 0.571 bits per heavy atom. The van der Waals surface area contributed by atoms with Crippen LogP contribution >= 0.6 is 75.8 Å². The molecular weight excluding hydrogens is 288 g/mol. The van der Waals surface area contributed by atoms with Crippen LogP contribution in [0, 0.1) is 0 Å². The monoisotopic (exact) mass is 306 g/mol. The van der Waals surface area contributed by atoms with Crippen molar-refractivity contribution in [1.29, 1.82) is 0 Å². The summed E-state index contributed by atoms with van der Waals surface area (Å²) >= 11 is 25.6. The summed E-state index contributed by atoms with van der Waals surface area (Å²) in [6.45, 7) is 0. The molecule has 0 aromatic carbocycles. The molecule has 0 bridgehead atoms. The van der Waals surface area contributed by atoms with Gasteiger partial charge in [-0.2, -0.15) is 75.8 Å². The van der Waals surface area contributed by atoms with Gasteiger partial charge in [0.25, 0.3) is 0 Å². The highest BCUT2D eigenvalue weighted by Gasteiger charge is 2.11. The predicted molar refractivity (Wildman–Crippen MR) is 87.5 cm³/mol. The molecule has 0 aromatic rings. The van der Waals surface area contributed by atoms with E-state index in [0.717, 1.165) is 25.7 Å². The molecule has 0 spiro atoms. The Bertz CT molecular complexity index is 122. The van der Waals surface area contributed by atoms with E-state index in [0.29, 0.717) is 0 Å². The third kappa shape index (κ3) is 8.28. The van der Waals surface area contributed by atoms with Crippen molar-refractivity contribution in [2.45, 2.75) is 45.3 Å². The molecule has 0 heterocycles. The average molecular weight is 307 g/mol. The molecule has 6 heteroatoms. The molecule has 0 fully saturated rings. The Kier molecular flexibility index (Phi) is 10.5. The number of hydrogen-bond donors (Lipinski definition) is 6. The Balaban J connectivity index is 3.38. The van der Waals surface area contributed by atoms with Gasteiger partial charge in [0.05, 0.1) is 9.16 Å². The van der Waals surface area contributed by atoms with E-state index in [1.54, 1.807) is 0 Å². The summed E-state index contributed by atoms with van der Waals surface area (Å²) in [5.74, 6) is 0. The molecule has 0 N–H and O–H groups in total. The summed E-state index contributed by atoms with van der Waals surface area (Å²) in [6.07, 6.45) is 4.37. The lowest BCUT2D eigenvalue weighted by Crippen LogP contribution is -2.11. The summed E-state index contributed by atoms with van der Waals surface area (Å²) in [6, 6.07) is 0. The van der Waals surface area contributed by atoms with Gasteiger partial charge in [-0.05, 0) is 12.8 Å². The second kappa shape index (κ2) is 9.16. The summed E-state index contributed by atoms with van der Waals surface area (Å²) in [5.41, 5.74) is 0. The number of rotatable bonds is 7. The topological polar surface area (TPSA) is 0 Å². The van der Waals surface area contributed by atoms with Crippen molar-refractivity contribution in [3.63, 3.8) is 0 Å². The molecule has 14 heavy (non-hydrogen) atoms. The maximum absolute atomic E-state index is 4.39. The predicted octanol–water partition coefficient (Wildman–Crippen LogP) is 3.52. The van der Waals surface area contributed by atoms with Crippen molar-refractivity contribution in [2.24, 2.45) is 0 Å². The van der Waals surface area contributed by atoms with Crippen LogP contribution in [0.5, 0.6) is 0 Å². The largest absolute Gasteiger partial charge is 0.174 e. The molecule has 0 rings (SSSR count). The molecule has 0 amide bonds. The van der Waals surface area contributed by atoms with E-state index in [-0.39, 0.29) is 19.7 Å². The van der Waals surface area contributed by atoms with Crippen LogP contribution in [0.1, 0.15) is 25.7 Å². The average Bonchev–Trinajstić information content (AvgIpc) is 2.11. The molecule has 0 aromatic heterocycles. The van der Waals surface area contributed by atoms with Crippen molar-refractivity contribution < 1.29 is 0 Å². The molecule has 0 nitrogen and oxygen atoms in total. The lowest BCUT2D eigenvalue weighted by Gasteiger charge is -2.15. The molecule has 0 saturated carbocycles. The van der Waals surface area contributed by atoms with Gasteiger partial charge in [-0.15, -0.1) is 0 Å². The van der Waals surface area contributed by atoms with Gasteiger partial charge in [-0.1, -0.05) is 12.8 Å². The highest BCUT2D eigenvalue weighted by molar-refractivity contribution is 8.01. The number of thiol groups is 6. The normalized spacial score (nSPS) is 16.3. The van der Waals surface area contributed by atoms with Crippen LogP contribution in [0.4, 0.5) is 0 Å². The fraction of sp³-hybridized carbons (Fsp3) is 1.00. The third-order valence-electron chi connectivity index (χ3n) is 1.94. The SMILES string of the molecule is SC(S)C(S)CCCCC(S)C(S)S. The van der Waals surface area contributed by atoms with Crippen molar-refractivity contribution in [3.8, 4) is 0 Å². The Hall–Kier alpha value is 2.10. The molecule has 2 atom stereocenters. The first-order valence-corrected chi connectivity index (χ1v) is 7.63. The van der Waals surface area contributed by atoms with Crippen LogP contribution in [-0.2, 0) is 0 Å². The van der Waals surface area contributed by atoms with Crippen molar-refractivity contribution in [3.05, 3.63) is 0 Å². The molecule has 0 aliphatic rings. The van der Waals surface area contributed by atoms with Gasteiger partial charge in [0.15, 0.2) is 0 Å². The molecule has 0 aliphatic carbocycles. The molecule has 0 aliphatic heterocycles. The van der Waals surface area contributed by atoms with Gasteiger partial charge in [-0.3, -0.25) is 0 Å². The van der Waals surface area contributed by atoms with Crippen LogP contribution < -0.4 is 0 Å². The second-order valence-corrected chi connectivity index (χ2v) is 7.61. The molecule has 0 radical (unpaired) electrons. The van der Waals surface area contributed by atoms with E-state index >= 15 is 0 Å². The quantitative estimate of drug-likeness (QED) is 0.231. The van der Waals surface area contributed by atoms with E-state index < -0.39 is 0 Å². The fourth-order valence-corrected chi connectivity index (χ4v) is 1.97. The van der Waals surface area contributed by atoms with Crippen LogP contribution in [0.2, 0.25) is 0 Å². The minimum Gasteiger partial charge on any atom is -0.174 e. The maximum Gasteiger partial charge on any atom is 0.0558 e.